The van der Waals surface area contributed by atoms with Crippen LogP contribution in [0.4, 0.5) is 4.39 Å². The number of carbonyl (C=O) groups is 1. The molecular weight excluding hydrogens is 415 g/mol. The smallest absolute Gasteiger partial charge is 0.283 e. The van der Waals surface area contributed by atoms with Gasteiger partial charge < -0.3 is 19.9 Å². The summed E-state index contributed by atoms with van der Waals surface area (Å²) in [5.74, 6) is 4.88. The topological polar surface area (TPSA) is 109 Å². The van der Waals surface area contributed by atoms with Crippen molar-refractivity contribution in [3.05, 3.63) is 53.2 Å². The highest BCUT2D eigenvalue weighted by Crippen LogP contribution is 2.43. The third kappa shape index (κ3) is 4.27. The van der Waals surface area contributed by atoms with E-state index in [1.807, 2.05) is 6.92 Å². The van der Waals surface area contributed by atoms with Gasteiger partial charge in [-0.1, -0.05) is 12.0 Å². The van der Waals surface area contributed by atoms with Gasteiger partial charge in [-0.25, -0.2) is 19.4 Å². The Balaban J connectivity index is 1.54. The minimum Gasteiger partial charge on any atom is -0.463 e. The first-order valence-electron chi connectivity index (χ1n) is 10.2. The number of halogens is 1. The van der Waals surface area contributed by atoms with Crippen molar-refractivity contribution in [3.8, 4) is 17.7 Å². The molecule has 1 aromatic carbocycles. The van der Waals surface area contributed by atoms with Crippen molar-refractivity contribution < 1.29 is 23.4 Å². The Morgan fingerprint density at radius 3 is 2.94 bits per heavy atom. The number of hydrogen-bond donors (Lipinski definition) is 1. The molecule has 1 aromatic heterocycles. The molecule has 9 heteroatoms. The number of Topliss-reactive ketones (excluding diaryl/α,β-unsaturated/α-hetero) is 1. The monoisotopic (exact) mass is 438 g/mol. The van der Waals surface area contributed by atoms with Gasteiger partial charge in [0.05, 0.1) is 37.1 Å². The third-order valence-corrected chi connectivity index (χ3v) is 5.69. The Bertz CT molecular complexity index is 1110. The first-order chi connectivity index (χ1) is 15.4. The lowest BCUT2D eigenvalue weighted by Crippen LogP contribution is -2.47. The van der Waals surface area contributed by atoms with E-state index in [0.29, 0.717) is 24.3 Å². The zero-order chi connectivity index (χ0) is 22.7. The van der Waals surface area contributed by atoms with Gasteiger partial charge in [0.1, 0.15) is 17.6 Å². The van der Waals surface area contributed by atoms with Gasteiger partial charge in [-0.05, 0) is 31.5 Å². The molecule has 0 radical (unpaired) electrons. The van der Waals surface area contributed by atoms with Crippen LogP contribution in [0.15, 0.2) is 35.6 Å². The van der Waals surface area contributed by atoms with Crippen LogP contribution in [0.2, 0.25) is 0 Å². The molecule has 0 spiro atoms. The summed E-state index contributed by atoms with van der Waals surface area (Å²) in [7, 11) is 0. The van der Waals surface area contributed by atoms with Gasteiger partial charge in [0.25, 0.3) is 6.02 Å². The average Bonchev–Trinajstić information content (AvgIpc) is 3.25. The summed E-state index contributed by atoms with van der Waals surface area (Å²) in [5, 5.41) is 0. The van der Waals surface area contributed by atoms with Gasteiger partial charge in [0.2, 0.25) is 5.88 Å². The maximum atomic E-state index is 14.9. The van der Waals surface area contributed by atoms with E-state index in [1.54, 1.807) is 19.1 Å². The Morgan fingerprint density at radius 1 is 1.34 bits per heavy atom. The molecule has 2 aromatic rings. The Labute approximate surface area is 185 Å². The number of aliphatic imine (C=N–C) groups is 1. The molecule has 4 rings (SSSR count). The molecule has 1 saturated heterocycles. The Morgan fingerprint density at radius 2 is 2.19 bits per heavy atom. The SMILES string of the molecule is CC#CCOc1cnc(C(=O)Cc2ccc(F)c([C@@]3(C)N=C(N)O[C@@H]4COC[C@@H]43)c2)cn1. The molecule has 0 amide bonds. The van der Waals surface area contributed by atoms with Crippen LogP contribution in [0, 0.1) is 23.6 Å². The van der Waals surface area contributed by atoms with Gasteiger partial charge in [0.15, 0.2) is 12.4 Å². The maximum Gasteiger partial charge on any atom is 0.283 e. The van der Waals surface area contributed by atoms with Crippen LogP contribution in [0.25, 0.3) is 0 Å². The van der Waals surface area contributed by atoms with E-state index in [4.69, 9.17) is 19.9 Å². The van der Waals surface area contributed by atoms with E-state index in [-0.39, 0.29) is 48.4 Å². The van der Waals surface area contributed by atoms with Crippen LogP contribution < -0.4 is 10.5 Å². The predicted molar refractivity (Wildman–Crippen MR) is 114 cm³/mol. The third-order valence-electron chi connectivity index (χ3n) is 5.69. The molecule has 0 unspecified atom stereocenters. The second-order valence-corrected chi connectivity index (χ2v) is 7.77. The van der Waals surface area contributed by atoms with Gasteiger partial charge in [0, 0.05) is 12.0 Å². The molecule has 0 aliphatic carbocycles. The van der Waals surface area contributed by atoms with Crippen LogP contribution in [-0.2, 0) is 21.4 Å². The average molecular weight is 438 g/mol. The Kier molecular flexibility index (Phi) is 6.06. The molecule has 2 aliphatic rings. The highest BCUT2D eigenvalue weighted by molar-refractivity contribution is 5.95. The lowest BCUT2D eigenvalue weighted by Gasteiger charge is -2.38. The molecule has 166 valence electrons. The largest absolute Gasteiger partial charge is 0.463 e. The van der Waals surface area contributed by atoms with Crippen molar-refractivity contribution in [1.29, 1.82) is 0 Å². The molecule has 32 heavy (non-hydrogen) atoms. The summed E-state index contributed by atoms with van der Waals surface area (Å²) >= 11 is 0. The van der Waals surface area contributed by atoms with Crippen LogP contribution in [0.1, 0.15) is 35.5 Å². The number of rotatable bonds is 6. The zero-order valence-corrected chi connectivity index (χ0v) is 17.8. The summed E-state index contributed by atoms with van der Waals surface area (Å²) in [6.07, 6.45) is 2.47. The highest BCUT2D eigenvalue weighted by Gasteiger charge is 2.50. The van der Waals surface area contributed by atoms with E-state index >= 15 is 0 Å². The summed E-state index contributed by atoms with van der Waals surface area (Å²) < 4.78 is 31.3. The highest BCUT2D eigenvalue weighted by atomic mass is 19.1. The van der Waals surface area contributed by atoms with E-state index in [0.717, 1.165) is 0 Å². The molecule has 8 nitrogen and oxygen atoms in total. The van der Waals surface area contributed by atoms with Crippen molar-refractivity contribution in [3.63, 3.8) is 0 Å². The van der Waals surface area contributed by atoms with Gasteiger partial charge in [-0.15, -0.1) is 5.92 Å². The van der Waals surface area contributed by atoms with Gasteiger partial charge >= 0.3 is 0 Å². The fraction of sp³-hybridized carbons (Fsp3) is 0.391. The molecule has 2 N–H and O–H groups in total. The lowest BCUT2D eigenvalue weighted by molar-refractivity contribution is 0.0816. The van der Waals surface area contributed by atoms with Crippen LogP contribution in [-0.4, -0.2) is 47.7 Å². The van der Waals surface area contributed by atoms with Crippen LogP contribution >= 0.6 is 0 Å². The number of benzene rings is 1. The number of carbonyl (C=O) groups excluding carboxylic acids is 1. The molecule has 0 bridgehead atoms. The van der Waals surface area contributed by atoms with E-state index in [2.05, 4.69) is 26.8 Å². The van der Waals surface area contributed by atoms with Crippen LogP contribution in [0.3, 0.4) is 0 Å². The fourth-order valence-electron chi connectivity index (χ4n) is 3.99. The quantitative estimate of drug-likeness (QED) is 0.543. The molecule has 0 saturated carbocycles. The normalized spacial score (nSPS) is 23.9. The summed E-state index contributed by atoms with van der Waals surface area (Å²) in [4.78, 5) is 25.4. The number of hydrogen-bond acceptors (Lipinski definition) is 8. The van der Waals surface area contributed by atoms with Crippen molar-refractivity contribution >= 4 is 11.8 Å². The number of ether oxygens (including phenoxy) is 3. The lowest BCUT2D eigenvalue weighted by atomic mass is 9.77. The Hall–Kier alpha value is -3.51. The van der Waals surface area contributed by atoms with Gasteiger partial charge in [-0.3, -0.25) is 4.79 Å². The zero-order valence-electron chi connectivity index (χ0n) is 17.8. The number of aromatic nitrogens is 2. The van der Waals surface area contributed by atoms with E-state index < -0.39 is 11.4 Å². The number of nitrogens with two attached hydrogens (primary N) is 1. The first-order valence-corrected chi connectivity index (χ1v) is 10.2. The summed E-state index contributed by atoms with van der Waals surface area (Å²) in [6.45, 7) is 4.47. The second kappa shape index (κ2) is 8.93. The number of nitrogens with zero attached hydrogens (tertiary/aromatic N) is 3. The van der Waals surface area contributed by atoms with Crippen LogP contribution in [0.5, 0.6) is 5.88 Å². The molecule has 3 atom stereocenters. The number of fused-ring (bicyclic) bond motifs is 1. The molecule has 1 fully saturated rings. The fourth-order valence-corrected chi connectivity index (χ4v) is 3.99. The minimum atomic E-state index is -0.965. The summed E-state index contributed by atoms with van der Waals surface area (Å²) in [5.41, 5.74) is 6.06. The second-order valence-electron chi connectivity index (χ2n) is 7.77. The van der Waals surface area contributed by atoms with Gasteiger partial charge in [-0.2, -0.15) is 0 Å². The standard InChI is InChI=1S/C23H23FN4O4/c1-3-4-7-31-21-11-26-18(10-27-21)19(29)9-14-5-6-17(24)15(8-14)23(2)16-12-30-13-20(16)32-22(25)28-23/h5-6,8,10-11,16,20H,7,9,12-13H2,1-2H3,(H2,25,28)/t16-,20+,23+/m0/s1. The first kappa shape index (κ1) is 21.7. The number of amidine groups is 1. The number of ketones is 1. The van der Waals surface area contributed by atoms with Crippen molar-refractivity contribution in [2.45, 2.75) is 31.9 Å². The molecular formula is C23H23FN4O4. The van der Waals surface area contributed by atoms with E-state index in [9.17, 15) is 9.18 Å². The van der Waals surface area contributed by atoms with E-state index in [1.165, 1.54) is 18.5 Å². The van der Waals surface area contributed by atoms with Crippen molar-refractivity contribution in [1.82, 2.24) is 9.97 Å². The summed E-state index contributed by atoms with van der Waals surface area (Å²) in [6, 6.07) is 4.57. The maximum absolute atomic E-state index is 14.9. The predicted octanol–water partition coefficient (Wildman–Crippen LogP) is 2.02. The van der Waals surface area contributed by atoms with Crippen molar-refractivity contribution in [2.24, 2.45) is 16.6 Å². The molecule has 3 heterocycles. The minimum absolute atomic E-state index is 0.00244. The van der Waals surface area contributed by atoms with Crippen molar-refractivity contribution in [2.75, 3.05) is 19.8 Å². The molecule has 2 aliphatic heterocycles.